The van der Waals surface area contributed by atoms with Crippen molar-refractivity contribution in [3.05, 3.63) is 40.4 Å². The van der Waals surface area contributed by atoms with Crippen LogP contribution >= 0.6 is 0 Å². The first-order valence-corrected chi connectivity index (χ1v) is 10.3. The molecule has 4 fully saturated rings. The topological polar surface area (TPSA) is 66.1 Å². The van der Waals surface area contributed by atoms with Crippen LogP contribution in [0.25, 0.3) is 10.9 Å². The summed E-state index contributed by atoms with van der Waals surface area (Å²) >= 11 is 0. The summed E-state index contributed by atoms with van der Waals surface area (Å²) in [5.41, 5.74) is 0.408. The number of aromatic amines is 1. The Hall–Kier alpha value is -2.17. The Labute approximate surface area is 159 Å². The summed E-state index contributed by atoms with van der Waals surface area (Å²) in [6.07, 6.45) is 7.19. The van der Waals surface area contributed by atoms with E-state index in [1.165, 1.54) is 19.3 Å². The smallest absolute Gasteiger partial charge is 0.258 e. The number of benzene rings is 1. The van der Waals surface area contributed by atoms with Gasteiger partial charge in [-0.25, -0.2) is 4.98 Å². The summed E-state index contributed by atoms with van der Waals surface area (Å²) < 4.78 is 0. The van der Waals surface area contributed by atoms with Crippen LogP contribution in [0.1, 0.15) is 51.3 Å². The van der Waals surface area contributed by atoms with Gasteiger partial charge in [-0.1, -0.05) is 12.1 Å². The number of rotatable bonds is 4. The van der Waals surface area contributed by atoms with E-state index in [-0.39, 0.29) is 11.0 Å². The molecule has 1 heterocycles. The van der Waals surface area contributed by atoms with Crippen molar-refractivity contribution in [3.8, 4) is 0 Å². The molecule has 2 aromatic rings. The van der Waals surface area contributed by atoms with Crippen molar-refractivity contribution in [3.63, 3.8) is 0 Å². The molecule has 6 rings (SSSR count). The Morgan fingerprint density at radius 2 is 1.78 bits per heavy atom. The van der Waals surface area contributed by atoms with E-state index < -0.39 is 0 Å². The molecule has 142 valence electrons. The third kappa shape index (κ3) is 2.79. The lowest BCUT2D eigenvalue weighted by Crippen LogP contribution is -2.54. The maximum absolute atomic E-state index is 13.6. The van der Waals surface area contributed by atoms with Gasteiger partial charge in [0.2, 0.25) is 5.91 Å². The van der Waals surface area contributed by atoms with Crippen LogP contribution in [0.3, 0.4) is 0 Å². The van der Waals surface area contributed by atoms with Crippen LogP contribution in [0.2, 0.25) is 0 Å². The van der Waals surface area contributed by atoms with Crippen molar-refractivity contribution >= 4 is 16.8 Å². The molecule has 5 heteroatoms. The lowest BCUT2D eigenvalue weighted by Gasteiger charge is -2.56. The van der Waals surface area contributed by atoms with Crippen molar-refractivity contribution in [2.24, 2.45) is 23.2 Å². The molecule has 0 spiro atoms. The van der Waals surface area contributed by atoms with Crippen molar-refractivity contribution in [2.45, 2.75) is 52.0 Å². The quantitative estimate of drug-likeness (QED) is 0.902. The molecule has 4 aliphatic carbocycles. The summed E-state index contributed by atoms with van der Waals surface area (Å²) in [6, 6.07) is 7.36. The highest BCUT2D eigenvalue weighted by molar-refractivity contribution is 5.83. The first-order valence-electron chi connectivity index (χ1n) is 10.3. The minimum absolute atomic E-state index is 0.131. The van der Waals surface area contributed by atoms with Gasteiger partial charge in [0, 0.05) is 6.54 Å². The zero-order valence-electron chi connectivity index (χ0n) is 15.9. The molecule has 1 amide bonds. The number of nitrogens with zero attached hydrogens (tertiary/aromatic N) is 2. The molecule has 0 radical (unpaired) electrons. The fourth-order valence-electron chi connectivity index (χ4n) is 6.43. The lowest BCUT2D eigenvalue weighted by molar-refractivity contribution is -0.158. The molecule has 4 saturated carbocycles. The van der Waals surface area contributed by atoms with Gasteiger partial charge < -0.3 is 9.88 Å². The van der Waals surface area contributed by atoms with Gasteiger partial charge in [0.1, 0.15) is 5.82 Å². The van der Waals surface area contributed by atoms with Crippen LogP contribution < -0.4 is 5.56 Å². The standard InChI is InChI=1S/C22H27N3O2/c1-2-25(13-19-23-18-6-4-3-5-17(18)20(26)24-19)21(27)22-10-14-7-15(11-22)9-16(8-14)12-22/h3-6,14-16H,2,7-13H2,1H3,(H,23,24,26). The SMILES string of the molecule is CCN(Cc1nc2ccccc2c(=O)[nH]1)C(=O)C12CC3CC(CC(C3)C1)C2. The van der Waals surface area contributed by atoms with E-state index in [1.807, 2.05) is 30.0 Å². The van der Waals surface area contributed by atoms with Gasteiger partial charge >= 0.3 is 0 Å². The second-order valence-electron chi connectivity index (χ2n) is 9.05. The minimum Gasteiger partial charge on any atom is -0.335 e. The van der Waals surface area contributed by atoms with E-state index in [0.717, 1.165) is 37.0 Å². The van der Waals surface area contributed by atoms with Crippen molar-refractivity contribution < 1.29 is 4.79 Å². The monoisotopic (exact) mass is 365 g/mol. The maximum Gasteiger partial charge on any atom is 0.258 e. The third-order valence-corrected chi connectivity index (χ3v) is 7.16. The molecule has 1 aromatic carbocycles. The molecule has 1 aromatic heterocycles. The number of hydrogen-bond acceptors (Lipinski definition) is 3. The number of nitrogens with one attached hydrogen (secondary N) is 1. The van der Waals surface area contributed by atoms with Gasteiger partial charge in [-0.05, 0) is 75.3 Å². The molecule has 5 nitrogen and oxygen atoms in total. The highest BCUT2D eigenvalue weighted by Crippen LogP contribution is 2.60. The Morgan fingerprint density at radius 3 is 2.41 bits per heavy atom. The van der Waals surface area contributed by atoms with E-state index >= 15 is 0 Å². The predicted octanol–water partition coefficient (Wildman–Crippen LogP) is 3.49. The number of fused-ring (bicyclic) bond motifs is 1. The van der Waals surface area contributed by atoms with Crippen LogP contribution in [-0.2, 0) is 11.3 Å². The number of para-hydroxylation sites is 1. The van der Waals surface area contributed by atoms with Gasteiger partial charge in [-0.15, -0.1) is 0 Å². The van der Waals surface area contributed by atoms with Crippen LogP contribution in [0.15, 0.2) is 29.1 Å². The third-order valence-electron chi connectivity index (χ3n) is 7.16. The molecule has 27 heavy (non-hydrogen) atoms. The van der Waals surface area contributed by atoms with Crippen molar-refractivity contribution in [1.82, 2.24) is 14.9 Å². The first kappa shape index (κ1) is 17.0. The molecular weight excluding hydrogens is 338 g/mol. The summed E-state index contributed by atoms with van der Waals surface area (Å²) in [4.78, 5) is 35.4. The van der Waals surface area contributed by atoms with E-state index in [0.29, 0.717) is 35.7 Å². The minimum atomic E-state index is -0.151. The Balaban J connectivity index is 1.42. The Kier molecular flexibility index (Phi) is 3.88. The van der Waals surface area contributed by atoms with Gasteiger partial charge in [-0.2, -0.15) is 0 Å². The molecule has 0 aliphatic heterocycles. The molecular formula is C22H27N3O2. The first-order chi connectivity index (χ1) is 13.1. The molecule has 1 N–H and O–H groups in total. The number of carbonyl (C=O) groups is 1. The van der Waals surface area contributed by atoms with Gasteiger partial charge in [0.25, 0.3) is 5.56 Å². The van der Waals surface area contributed by atoms with E-state index in [2.05, 4.69) is 9.97 Å². The zero-order chi connectivity index (χ0) is 18.6. The highest BCUT2D eigenvalue weighted by Gasteiger charge is 2.55. The summed E-state index contributed by atoms with van der Waals surface area (Å²) in [5.74, 6) is 3.12. The second kappa shape index (κ2) is 6.18. The van der Waals surface area contributed by atoms with Gasteiger partial charge in [0.15, 0.2) is 0 Å². The predicted molar refractivity (Wildman–Crippen MR) is 104 cm³/mol. The van der Waals surface area contributed by atoms with Gasteiger partial charge in [0.05, 0.1) is 22.9 Å². The zero-order valence-corrected chi connectivity index (χ0v) is 15.9. The van der Waals surface area contributed by atoms with Crippen LogP contribution in [-0.4, -0.2) is 27.3 Å². The van der Waals surface area contributed by atoms with Gasteiger partial charge in [-0.3, -0.25) is 9.59 Å². The number of hydrogen-bond donors (Lipinski definition) is 1. The fourth-order valence-corrected chi connectivity index (χ4v) is 6.43. The van der Waals surface area contributed by atoms with E-state index in [9.17, 15) is 9.59 Å². The van der Waals surface area contributed by atoms with E-state index in [4.69, 9.17) is 0 Å². The van der Waals surface area contributed by atoms with Crippen molar-refractivity contribution in [2.75, 3.05) is 6.54 Å². The lowest BCUT2D eigenvalue weighted by atomic mass is 9.49. The Bertz CT molecular complexity index is 913. The Morgan fingerprint density at radius 1 is 1.15 bits per heavy atom. The average molecular weight is 365 g/mol. The van der Waals surface area contributed by atoms with Crippen LogP contribution in [0, 0.1) is 23.2 Å². The molecule has 4 bridgehead atoms. The number of amides is 1. The fraction of sp³-hybridized carbons (Fsp3) is 0.591. The van der Waals surface area contributed by atoms with E-state index in [1.54, 1.807) is 6.07 Å². The summed E-state index contributed by atoms with van der Waals surface area (Å²) in [7, 11) is 0. The van der Waals surface area contributed by atoms with Crippen molar-refractivity contribution in [1.29, 1.82) is 0 Å². The number of H-pyrrole nitrogens is 1. The second-order valence-corrected chi connectivity index (χ2v) is 9.05. The molecule has 4 aliphatic rings. The highest BCUT2D eigenvalue weighted by atomic mass is 16.2. The van der Waals surface area contributed by atoms with Crippen LogP contribution in [0.4, 0.5) is 0 Å². The summed E-state index contributed by atoms with van der Waals surface area (Å²) in [5, 5.41) is 0.594. The molecule has 0 unspecified atom stereocenters. The number of aromatic nitrogens is 2. The summed E-state index contributed by atoms with van der Waals surface area (Å²) in [6.45, 7) is 3.06. The number of carbonyl (C=O) groups excluding carboxylic acids is 1. The normalized spacial score (nSPS) is 31.4. The molecule has 0 atom stereocenters. The average Bonchev–Trinajstić information content (AvgIpc) is 2.64. The largest absolute Gasteiger partial charge is 0.335 e. The maximum atomic E-state index is 13.6. The molecule has 0 saturated heterocycles. The van der Waals surface area contributed by atoms with Crippen LogP contribution in [0.5, 0.6) is 0 Å².